The molecule has 0 bridgehead atoms. The quantitative estimate of drug-likeness (QED) is 0.401. The van der Waals surface area contributed by atoms with Crippen LogP contribution in [0.25, 0.3) is 0 Å². The van der Waals surface area contributed by atoms with E-state index in [2.05, 4.69) is 121 Å². The molecule has 0 amide bonds. The Hall–Kier alpha value is -2.73. The van der Waals surface area contributed by atoms with Crippen molar-refractivity contribution in [2.45, 2.75) is 12.1 Å². The average Bonchev–Trinajstić information content (AvgIpc) is 2.81. The molecule has 0 spiro atoms. The van der Waals surface area contributed by atoms with Crippen molar-refractivity contribution in [3.05, 3.63) is 132 Å². The molecule has 29 heavy (non-hydrogen) atoms. The van der Waals surface area contributed by atoms with E-state index in [1.165, 1.54) is 21.5 Å². The summed E-state index contributed by atoms with van der Waals surface area (Å²) in [5.41, 5.74) is 2.74. The van der Waals surface area contributed by atoms with Gasteiger partial charge in [0.15, 0.2) is 18.1 Å². The fourth-order valence-corrected chi connectivity index (χ4v) is 10.5. The van der Waals surface area contributed by atoms with E-state index >= 15 is 0 Å². The van der Waals surface area contributed by atoms with Crippen LogP contribution in [0.5, 0.6) is 0 Å². The van der Waals surface area contributed by atoms with E-state index in [1.807, 2.05) is 0 Å². The molecule has 144 valence electrons. The molecule has 0 fully saturated rings. The molecule has 0 aliphatic rings. The molecule has 0 N–H and O–H groups in total. The second-order valence-electron chi connectivity index (χ2n) is 7.31. The molecule has 4 aromatic carbocycles. The first-order chi connectivity index (χ1) is 14.4. The third-order valence-electron chi connectivity index (χ3n) is 5.20. The summed E-state index contributed by atoms with van der Waals surface area (Å²) >= 11 is 0. The van der Waals surface area contributed by atoms with Crippen molar-refractivity contribution in [1.29, 1.82) is 0 Å². The van der Waals surface area contributed by atoms with E-state index in [1.54, 1.807) is 0 Å². The smallest absolute Gasteiger partial charge is 0.200 e. The highest BCUT2D eigenvalue weighted by molar-refractivity contribution is 6.79. The number of hydrogen-bond acceptors (Lipinski definition) is 1. The molecule has 0 aromatic heterocycles. The second kappa shape index (κ2) is 10.2. The summed E-state index contributed by atoms with van der Waals surface area (Å²) in [6.45, 7) is 0. The van der Waals surface area contributed by atoms with Crippen LogP contribution in [0.1, 0.15) is 11.1 Å². The van der Waals surface area contributed by atoms with Gasteiger partial charge >= 0.3 is 0 Å². The Bertz CT molecular complexity index is 893. The molecular formula is C26H26OSi2. The van der Waals surface area contributed by atoms with Crippen LogP contribution in [0.2, 0.25) is 0 Å². The highest BCUT2D eigenvalue weighted by Gasteiger charge is 2.23. The van der Waals surface area contributed by atoms with E-state index in [-0.39, 0.29) is 0 Å². The molecule has 2 atom stereocenters. The van der Waals surface area contributed by atoms with E-state index in [9.17, 15) is 0 Å². The number of rotatable bonds is 8. The lowest BCUT2D eigenvalue weighted by Crippen LogP contribution is -2.47. The highest BCUT2D eigenvalue weighted by Crippen LogP contribution is 2.09. The lowest BCUT2D eigenvalue weighted by molar-refractivity contribution is 0.601. The first-order valence-corrected chi connectivity index (χ1v) is 13.9. The van der Waals surface area contributed by atoms with Gasteiger partial charge in [0.1, 0.15) is 0 Å². The van der Waals surface area contributed by atoms with Crippen LogP contribution in [-0.4, -0.2) is 18.1 Å². The molecule has 4 rings (SSSR count). The molecule has 1 nitrogen and oxygen atoms in total. The molecule has 4 aromatic rings. The van der Waals surface area contributed by atoms with Crippen molar-refractivity contribution < 1.29 is 4.12 Å². The van der Waals surface area contributed by atoms with E-state index in [0.29, 0.717) is 0 Å². The number of hydrogen-bond donors (Lipinski definition) is 0. The van der Waals surface area contributed by atoms with Crippen molar-refractivity contribution in [2.24, 2.45) is 0 Å². The predicted molar refractivity (Wildman–Crippen MR) is 128 cm³/mol. The molecule has 0 aliphatic heterocycles. The monoisotopic (exact) mass is 410 g/mol. The summed E-state index contributed by atoms with van der Waals surface area (Å²) < 4.78 is 7.11. The fourth-order valence-electron chi connectivity index (χ4n) is 3.68. The van der Waals surface area contributed by atoms with E-state index in [0.717, 1.165) is 12.1 Å². The highest BCUT2D eigenvalue weighted by atomic mass is 28.4. The van der Waals surface area contributed by atoms with Gasteiger partial charge in [-0.2, -0.15) is 0 Å². The van der Waals surface area contributed by atoms with Crippen LogP contribution in [0.3, 0.4) is 0 Å². The Morgan fingerprint density at radius 1 is 0.414 bits per heavy atom. The molecule has 2 unspecified atom stereocenters. The van der Waals surface area contributed by atoms with Crippen LogP contribution in [0, 0.1) is 0 Å². The Labute approximate surface area is 177 Å². The zero-order valence-corrected chi connectivity index (χ0v) is 18.8. The van der Waals surface area contributed by atoms with E-state index in [4.69, 9.17) is 4.12 Å². The zero-order chi connectivity index (χ0) is 19.7. The average molecular weight is 411 g/mol. The summed E-state index contributed by atoms with van der Waals surface area (Å²) in [6.07, 6.45) is 0. The van der Waals surface area contributed by atoms with Crippen molar-refractivity contribution in [3.63, 3.8) is 0 Å². The maximum absolute atomic E-state index is 7.11. The Morgan fingerprint density at radius 3 is 1.07 bits per heavy atom. The largest absolute Gasteiger partial charge is 0.452 e. The first-order valence-electron chi connectivity index (χ1n) is 10.2. The molecule has 0 heterocycles. The molecule has 3 heteroatoms. The summed E-state index contributed by atoms with van der Waals surface area (Å²) in [7, 11) is -3.25. The standard InChI is InChI=1S/C26H26OSi2/c1-5-13-23(14-6-1)21-28(25-17-9-3-10-18-25)27-29(26-19-11-4-12-20-26)22-24-15-7-2-8-16-24/h1-20,28-29H,21-22H2. The molecule has 0 radical (unpaired) electrons. The van der Waals surface area contributed by atoms with E-state index < -0.39 is 18.1 Å². The van der Waals surface area contributed by atoms with Gasteiger partial charge in [0.2, 0.25) is 0 Å². The van der Waals surface area contributed by atoms with Crippen LogP contribution in [0.15, 0.2) is 121 Å². The van der Waals surface area contributed by atoms with Gasteiger partial charge in [-0.3, -0.25) is 0 Å². The first kappa shape index (κ1) is 19.6. The Morgan fingerprint density at radius 2 is 0.724 bits per heavy atom. The van der Waals surface area contributed by atoms with Crippen LogP contribution in [0.4, 0.5) is 0 Å². The third kappa shape index (κ3) is 5.64. The SMILES string of the molecule is c1ccc(C[SiH](O[SiH](Cc2ccccc2)c2ccccc2)c2ccccc2)cc1. The zero-order valence-electron chi connectivity index (χ0n) is 16.5. The van der Waals surface area contributed by atoms with Gasteiger partial charge in [-0.25, -0.2) is 0 Å². The van der Waals surface area contributed by atoms with Gasteiger partial charge in [-0.1, -0.05) is 121 Å². The predicted octanol–water partition coefficient (Wildman–Crippen LogP) is 3.83. The normalized spacial score (nSPS) is 13.0. The minimum absolute atomic E-state index is 1.02. The minimum atomic E-state index is -1.63. The van der Waals surface area contributed by atoms with Crippen molar-refractivity contribution in [2.75, 3.05) is 0 Å². The van der Waals surface area contributed by atoms with Crippen LogP contribution >= 0.6 is 0 Å². The maximum atomic E-state index is 7.11. The van der Waals surface area contributed by atoms with Crippen molar-refractivity contribution in [3.8, 4) is 0 Å². The maximum Gasteiger partial charge on any atom is 0.200 e. The van der Waals surface area contributed by atoms with Gasteiger partial charge in [0.05, 0.1) is 0 Å². The summed E-state index contributed by atoms with van der Waals surface area (Å²) in [5, 5.41) is 2.77. The van der Waals surface area contributed by atoms with Crippen molar-refractivity contribution in [1.82, 2.24) is 0 Å². The minimum Gasteiger partial charge on any atom is -0.452 e. The fraction of sp³-hybridized carbons (Fsp3) is 0.0769. The Balaban J connectivity index is 1.64. The van der Waals surface area contributed by atoms with Gasteiger partial charge in [-0.15, -0.1) is 0 Å². The molecule has 0 saturated carbocycles. The summed E-state index contributed by atoms with van der Waals surface area (Å²) in [4.78, 5) is 0. The number of benzene rings is 4. The van der Waals surface area contributed by atoms with Crippen LogP contribution < -0.4 is 10.4 Å². The van der Waals surface area contributed by atoms with Crippen LogP contribution in [-0.2, 0) is 16.2 Å². The van der Waals surface area contributed by atoms with Crippen molar-refractivity contribution >= 4 is 28.5 Å². The van der Waals surface area contributed by atoms with Gasteiger partial charge in [-0.05, 0) is 33.6 Å². The molecule has 0 aliphatic carbocycles. The lowest BCUT2D eigenvalue weighted by atomic mass is 10.2. The molecule has 0 saturated heterocycles. The van der Waals surface area contributed by atoms with Gasteiger partial charge in [0, 0.05) is 0 Å². The summed E-state index contributed by atoms with van der Waals surface area (Å²) in [5.74, 6) is 0. The second-order valence-corrected chi connectivity index (χ2v) is 12.5. The topological polar surface area (TPSA) is 9.23 Å². The third-order valence-corrected chi connectivity index (χ3v) is 11.8. The summed E-state index contributed by atoms with van der Waals surface area (Å²) in [6, 6.07) is 45.4. The van der Waals surface area contributed by atoms with Gasteiger partial charge in [0.25, 0.3) is 0 Å². The lowest BCUT2D eigenvalue weighted by Gasteiger charge is -2.25. The Kier molecular flexibility index (Phi) is 6.87. The van der Waals surface area contributed by atoms with Gasteiger partial charge < -0.3 is 4.12 Å². The molecular weight excluding hydrogens is 384 g/mol.